The average molecular weight is 636 g/mol. The quantitative estimate of drug-likeness (QED) is 0.167. The van der Waals surface area contributed by atoms with E-state index in [2.05, 4.69) is 147 Å². The number of nitrogens with zero attached hydrogens (tertiary/aromatic N) is 3. The predicted molar refractivity (Wildman–Crippen MR) is 204 cm³/mol. The molecule has 3 aromatic heterocycles. The summed E-state index contributed by atoms with van der Waals surface area (Å²) in [5, 5.41) is 0. The van der Waals surface area contributed by atoms with Crippen LogP contribution in [0.3, 0.4) is 0 Å². The van der Waals surface area contributed by atoms with Crippen LogP contribution in [0.5, 0.6) is 0 Å². The zero-order valence-electron chi connectivity index (χ0n) is 28.1. The lowest BCUT2D eigenvalue weighted by atomic mass is 9.77. The van der Waals surface area contributed by atoms with E-state index in [0.717, 1.165) is 77.1 Å². The molecule has 0 saturated carbocycles. The second-order valence-electron chi connectivity index (χ2n) is 13.7. The zero-order valence-corrected chi connectivity index (χ0v) is 28.1. The molecule has 0 radical (unpaired) electrons. The van der Waals surface area contributed by atoms with Gasteiger partial charge < -0.3 is 0 Å². The third-order valence-corrected chi connectivity index (χ3v) is 10.2. The fourth-order valence-electron chi connectivity index (χ4n) is 7.35. The molecule has 5 aromatic rings. The standard InChI is InChI=1S/C46H41N3/c1-46(22-12-5-13-23-46)45-32-39(31-44(49-45)35-18-10-4-11-19-35)38-26-40(42-29-36(20-24-47-42)33-14-6-2-7-15-33)28-41(27-38)43-30-37(21-25-48-43)34-16-8-3-9-17-34/h2-4,6-8,10-12,14-16,18,20-22,24-32,35H,5,9,13,17,19,23H2,1H3. The maximum absolute atomic E-state index is 5.37. The molecule has 49 heavy (non-hydrogen) atoms. The number of allylic oxidation sites excluding steroid dienone is 10. The van der Waals surface area contributed by atoms with E-state index in [-0.39, 0.29) is 11.3 Å². The molecular weight excluding hydrogens is 595 g/mol. The Hall–Kier alpha value is -5.41. The Kier molecular flexibility index (Phi) is 8.58. The molecule has 240 valence electrons. The Morgan fingerprint density at radius 2 is 1.39 bits per heavy atom. The third kappa shape index (κ3) is 6.67. The fourth-order valence-corrected chi connectivity index (χ4v) is 7.35. The Labute approximate surface area is 290 Å². The summed E-state index contributed by atoms with van der Waals surface area (Å²) < 4.78 is 0. The Morgan fingerprint density at radius 1 is 0.633 bits per heavy atom. The highest BCUT2D eigenvalue weighted by molar-refractivity contribution is 5.82. The van der Waals surface area contributed by atoms with Crippen molar-refractivity contribution in [3.05, 3.63) is 169 Å². The van der Waals surface area contributed by atoms with E-state index in [1.165, 1.54) is 28.7 Å². The van der Waals surface area contributed by atoms with Crippen LogP contribution in [-0.2, 0) is 5.41 Å². The molecule has 3 heteroatoms. The first-order valence-electron chi connectivity index (χ1n) is 17.6. The number of hydrogen-bond acceptors (Lipinski definition) is 3. The molecular formula is C46H41N3. The van der Waals surface area contributed by atoms with Crippen LogP contribution in [0.2, 0.25) is 0 Å². The molecule has 3 heterocycles. The minimum absolute atomic E-state index is 0.0959. The summed E-state index contributed by atoms with van der Waals surface area (Å²) in [5.41, 5.74) is 13.5. The van der Waals surface area contributed by atoms with Gasteiger partial charge in [-0.25, -0.2) is 0 Å². The van der Waals surface area contributed by atoms with Crippen LogP contribution < -0.4 is 0 Å². The van der Waals surface area contributed by atoms with Gasteiger partial charge >= 0.3 is 0 Å². The summed E-state index contributed by atoms with van der Waals surface area (Å²) in [7, 11) is 0. The van der Waals surface area contributed by atoms with Gasteiger partial charge in [0.25, 0.3) is 0 Å². The molecule has 3 aliphatic rings. The van der Waals surface area contributed by atoms with Gasteiger partial charge in [0.05, 0.1) is 17.1 Å². The predicted octanol–water partition coefficient (Wildman–Crippen LogP) is 11.9. The molecule has 2 unspecified atom stereocenters. The number of aromatic nitrogens is 3. The minimum atomic E-state index is -0.0959. The molecule has 0 spiro atoms. The normalized spacial score (nSPS) is 19.9. The molecule has 8 rings (SSSR count). The molecule has 0 N–H and O–H groups in total. The van der Waals surface area contributed by atoms with Crippen molar-refractivity contribution >= 4 is 5.57 Å². The summed E-state index contributed by atoms with van der Waals surface area (Å²) in [4.78, 5) is 15.2. The van der Waals surface area contributed by atoms with Gasteiger partial charge in [-0.05, 0) is 127 Å². The maximum atomic E-state index is 5.37. The first-order valence-corrected chi connectivity index (χ1v) is 17.6. The van der Waals surface area contributed by atoms with Gasteiger partial charge in [-0.2, -0.15) is 0 Å². The fraction of sp³-hybridized carbons (Fsp3) is 0.196. The van der Waals surface area contributed by atoms with E-state index in [0.29, 0.717) is 0 Å². The van der Waals surface area contributed by atoms with Crippen LogP contribution in [0.25, 0.3) is 50.3 Å². The van der Waals surface area contributed by atoms with Crippen molar-refractivity contribution in [3.8, 4) is 44.8 Å². The molecule has 0 fully saturated rings. The van der Waals surface area contributed by atoms with E-state index >= 15 is 0 Å². The van der Waals surface area contributed by atoms with Crippen LogP contribution in [0, 0.1) is 0 Å². The van der Waals surface area contributed by atoms with Gasteiger partial charge in [0.2, 0.25) is 0 Å². The first-order chi connectivity index (χ1) is 24.1. The van der Waals surface area contributed by atoms with Crippen molar-refractivity contribution in [1.82, 2.24) is 15.0 Å². The third-order valence-electron chi connectivity index (χ3n) is 10.2. The second-order valence-corrected chi connectivity index (χ2v) is 13.7. The zero-order chi connectivity index (χ0) is 33.0. The Balaban J connectivity index is 1.31. The van der Waals surface area contributed by atoms with Crippen LogP contribution in [0.1, 0.15) is 68.3 Å². The molecule has 0 saturated heterocycles. The van der Waals surface area contributed by atoms with Gasteiger partial charge in [-0.1, -0.05) is 91.9 Å². The highest BCUT2D eigenvalue weighted by Gasteiger charge is 2.28. The largest absolute Gasteiger partial charge is 0.256 e. The summed E-state index contributed by atoms with van der Waals surface area (Å²) >= 11 is 0. The first kappa shape index (κ1) is 30.9. The Morgan fingerprint density at radius 3 is 2.10 bits per heavy atom. The Bertz CT molecular complexity index is 2150. The van der Waals surface area contributed by atoms with Crippen LogP contribution in [-0.4, -0.2) is 15.0 Å². The summed E-state index contributed by atoms with van der Waals surface area (Å²) in [6.45, 7) is 2.35. The molecule has 0 amide bonds. The number of pyridine rings is 3. The molecule has 2 aromatic carbocycles. The summed E-state index contributed by atoms with van der Waals surface area (Å²) in [5.74, 6) is 0.253. The average Bonchev–Trinajstić information content (AvgIpc) is 3.19. The van der Waals surface area contributed by atoms with Crippen molar-refractivity contribution in [2.75, 3.05) is 0 Å². The molecule has 3 nitrogen and oxygen atoms in total. The van der Waals surface area contributed by atoms with Crippen molar-refractivity contribution < 1.29 is 0 Å². The SMILES string of the molecule is CC1(c2cc(-c3cc(-c4cc(C5=CC=CCC5)ccn4)cc(-c4cc(-c5ccccc5)ccn4)c3)cc(C3C=CC=CC3)n2)C=CCCC1. The number of rotatable bonds is 7. The van der Waals surface area contributed by atoms with E-state index in [4.69, 9.17) is 15.0 Å². The lowest BCUT2D eigenvalue weighted by Crippen LogP contribution is -2.23. The van der Waals surface area contributed by atoms with Gasteiger partial charge in [0.1, 0.15) is 0 Å². The summed E-state index contributed by atoms with van der Waals surface area (Å²) in [6.07, 6.45) is 30.6. The van der Waals surface area contributed by atoms with Crippen LogP contribution >= 0.6 is 0 Å². The van der Waals surface area contributed by atoms with Gasteiger partial charge in [0.15, 0.2) is 0 Å². The van der Waals surface area contributed by atoms with E-state index < -0.39 is 0 Å². The van der Waals surface area contributed by atoms with Gasteiger partial charge in [-0.3, -0.25) is 15.0 Å². The van der Waals surface area contributed by atoms with Gasteiger partial charge in [-0.15, -0.1) is 0 Å². The highest BCUT2D eigenvalue weighted by atomic mass is 14.7. The molecule has 0 bridgehead atoms. The van der Waals surface area contributed by atoms with Gasteiger partial charge in [0, 0.05) is 40.5 Å². The topological polar surface area (TPSA) is 38.7 Å². The van der Waals surface area contributed by atoms with Crippen molar-refractivity contribution in [3.63, 3.8) is 0 Å². The monoisotopic (exact) mass is 635 g/mol. The van der Waals surface area contributed by atoms with E-state index in [9.17, 15) is 0 Å². The number of hydrogen-bond donors (Lipinski definition) is 0. The van der Waals surface area contributed by atoms with Crippen LogP contribution in [0.15, 0.2) is 152 Å². The minimum Gasteiger partial charge on any atom is -0.256 e. The molecule has 3 aliphatic carbocycles. The smallest absolute Gasteiger partial charge is 0.0708 e. The maximum Gasteiger partial charge on any atom is 0.0708 e. The van der Waals surface area contributed by atoms with Crippen molar-refractivity contribution in [2.45, 2.75) is 56.8 Å². The van der Waals surface area contributed by atoms with E-state index in [1.807, 2.05) is 12.4 Å². The van der Waals surface area contributed by atoms with E-state index in [1.54, 1.807) is 0 Å². The lowest BCUT2D eigenvalue weighted by Gasteiger charge is -2.30. The summed E-state index contributed by atoms with van der Waals surface area (Å²) in [6, 6.07) is 30.7. The van der Waals surface area contributed by atoms with Crippen molar-refractivity contribution in [1.29, 1.82) is 0 Å². The number of benzene rings is 2. The van der Waals surface area contributed by atoms with Crippen molar-refractivity contribution in [2.24, 2.45) is 0 Å². The lowest BCUT2D eigenvalue weighted by molar-refractivity contribution is 0.481. The van der Waals surface area contributed by atoms with Crippen LogP contribution in [0.4, 0.5) is 0 Å². The molecule has 2 atom stereocenters. The highest BCUT2D eigenvalue weighted by Crippen LogP contribution is 2.40. The second kappa shape index (κ2) is 13.6. The molecule has 0 aliphatic heterocycles.